The normalized spacial score (nSPS) is 10.7. The van der Waals surface area contributed by atoms with Gasteiger partial charge in [0.2, 0.25) is 5.82 Å². The van der Waals surface area contributed by atoms with E-state index in [1.54, 1.807) is 12.1 Å². The number of halogens is 1. The number of nitroso groups, excluding NO2 is 1. The lowest BCUT2D eigenvalue weighted by atomic mass is 10.1. The maximum atomic E-state index is 11.0. The van der Waals surface area contributed by atoms with Crippen molar-refractivity contribution in [3.8, 4) is 11.3 Å². The molecule has 2 heterocycles. The van der Waals surface area contributed by atoms with E-state index in [4.69, 9.17) is 11.6 Å². The van der Waals surface area contributed by atoms with Crippen molar-refractivity contribution in [2.75, 3.05) is 0 Å². The molecule has 0 atom stereocenters. The Hall–Kier alpha value is -2.27. The number of imidazole rings is 1. The van der Waals surface area contributed by atoms with Crippen LogP contribution in [0.2, 0.25) is 5.15 Å². The molecule has 88 valence electrons. The Labute approximate surface area is 107 Å². The molecule has 0 spiro atoms. The van der Waals surface area contributed by atoms with E-state index < -0.39 is 0 Å². The third kappa shape index (κ3) is 1.65. The molecule has 0 radical (unpaired) electrons. The number of hydrogen-bond acceptors (Lipinski definition) is 4. The standard InChI is InChI=1S/C12H7ClN4O/c13-9-6-7-10-14-11(8-4-2-1-3-5-8)12(16-18)17(10)15-9/h1-7H. The summed E-state index contributed by atoms with van der Waals surface area (Å²) in [7, 11) is 0. The molecule has 0 unspecified atom stereocenters. The van der Waals surface area contributed by atoms with Crippen LogP contribution in [0.25, 0.3) is 16.9 Å². The summed E-state index contributed by atoms with van der Waals surface area (Å²) in [5, 5.41) is 7.31. The van der Waals surface area contributed by atoms with Gasteiger partial charge >= 0.3 is 0 Å². The Morgan fingerprint density at radius 1 is 1.11 bits per heavy atom. The average molecular weight is 259 g/mol. The van der Waals surface area contributed by atoms with Gasteiger partial charge in [0.25, 0.3) is 0 Å². The Kier molecular flexibility index (Phi) is 2.53. The van der Waals surface area contributed by atoms with Crippen LogP contribution in [-0.2, 0) is 0 Å². The highest BCUT2D eigenvalue weighted by Crippen LogP contribution is 2.30. The first kappa shape index (κ1) is 10.9. The Balaban J connectivity index is 2.33. The van der Waals surface area contributed by atoms with Crippen molar-refractivity contribution in [3.05, 3.63) is 52.5 Å². The molecule has 1 aromatic carbocycles. The predicted molar refractivity (Wildman–Crippen MR) is 68.9 cm³/mol. The van der Waals surface area contributed by atoms with Crippen molar-refractivity contribution in [1.82, 2.24) is 14.6 Å². The fraction of sp³-hybridized carbons (Fsp3) is 0. The molecule has 0 saturated carbocycles. The van der Waals surface area contributed by atoms with Gasteiger partial charge in [-0.1, -0.05) is 41.9 Å². The van der Waals surface area contributed by atoms with E-state index >= 15 is 0 Å². The van der Waals surface area contributed by atoms with E-state index in [0.717, 1.165) is 5.56 Å². The van der Waals surface area contributed by atoms with Crippen molar-refractivity contribution in [3.63, 3.8) is 0 Å². The monoisotopic (exact) mass is 258 g/mol. The summed E-state index contributed by atoms with van der Waals surface area (Å²) < 4.78 is 1.34. The van der Waals surface area contributed by atoms with E-state index in [9.17, 15) is 4.91 Å². The highest BCUT2D eigenvalue weighted by Gasteiger charge is 2.15. The molecule has 0 N–H and O–H groups in total. The zero-order valence-electron chi connectivity index (χ0n) is 9.12. The molecule has 6 heteroatoms. The van der Waals surface area contributed by atoms with Gasteiger partial charge in [-0.2, -0.15) is 9.61 Å². The summed E-state index contributed by atoms with van der Waals surface area (Å²) in [5.74, 6) is 0.152. The molecule has 0 aliphatic carbocycles. The van der Waals surface area contributed by atoms with Gasteiger partial charge in [-0.15, -0.1) is 4.91 Å². The second kappa shape index (κ2) is 4.19. The summed E-state index contributed by atoms with van der Waals surface area (Å²) in [6.07, 6.45) is 0. The topological polar surface area (TPSA) is 59.6 Å². The quantitative estimate of drug-likeness (QED) is 0.662. The molecule has 3 aromatic rings. The van der Waals surface area contributed by atoms with E-state index in [2.05, 4.69) is 15.3 Å². The number of nitrogens with zero attached hydrogens (tertiary/aromatic N) is 4. The van der Waals surface area contributed by atoms with Crippen molar-refractivity contribution in [2.24, 2.45) is 5.18 Å². The minimum atomic E-state index is 0.152. The van der Waals surface area contributed by atoms with E-state index in [0.29, 0.717) is 11.3 Å². The lowest BCUT2D eigenvalue weighted by molar-refractivity contribution is 0.933. The number of rotatable bonds is 2. The summed E-state index contributed by atoms with van der Waals surface area (Å²) in [4.78, 5) is 15.3. The summed E-state index contributed by atoms with van der Waals surface area (Å²) in [6, 6.07) is 12.7. The van der Waals surface area contributed by atoms with Gasteiger partial charge in [0, 0.05) is 5.56 Å². The summed E-state index contributed by atoms with van der Waals surface area (Å²) in [6.45, 7) is 0. The smallest absolute Gasteiger partial charge is 0.224 e. The highest BCUT2D eigenvalue weighted by molar-refractivity contribution is 6.29. The lowest BCUT2D eigenvalue weighted by Gasteiger charge is -1.96. The molecule has 2 aromatic heterocycles. The van der Waals surface area contributed by atoms with Gasteiger partial charge in [0.15, 0.2) is 5.65 Å². The lowest BCUT2D eigenvalue weighted by Crippen LogP contribution is -1.90. The van der Waals surface area contributed by atoms with Gasteiger partial charge in [0.05, 0.1) is 0 Å². The molecule has 0 aliphatic heterocycles. The summed E-state index contributed by atoms with van der Waals surface area (Å²) in [5.41, 5.74) is 1.85. The zero-order valence-corrected chi connectivity index (χ0v) is 9.87. The number of fused-ring (bicyclic) bond motifs is 1. The SMILES string of the molecule is O=Nc1c(-c2ccccc2)nc2ccc(Cl)nn12. The van der Waals surface area contributed by atoms with Crippen LogP contribution in [0.3, 0.4) is 0 Å². The Bertz CT molecular complexity index is 724. The fourth-order valence-electron chi connectivity index (χ4n) is 1.77. The van der Waals surface area contributed by atoms with Crippen LogP contribution in [0, 0.1) is 4.91 Å². The largest absolute Gasteiger partial charge is 0.226 e. The number of benzene rings is 1. The first-order valence-corrected chi connectivity index (χ1v) is 5.61. The molecule has 3 rings (SSSR count). The van der Waals surface area contributed by atoms with Crippen LogP contribution < -0.4 is 0 Å². The van der Waals surface area contributed by atoms with Crippen LogP contribution in [0.4, 0.5) is 5.82 Å². The minimum Gasteiger partial charge on any atom is -0.224 e. The second-order valence-corrected chi connectivity index (χ2v) is 4.05. The molecule has 0 fully saturated rings. The minimum absolute atomic E-state index is 0.152. The molecular weight excluding hydrogens is 252 g/mol. The molecule has 0 aliphatic rings. The van der Waals surface area contributed by atoms with Crippen LogP contribution in [0.1, 0.15) is 0 Å². The van der Waals surface area contributed by atoms with Crippen molar-refractivity contribution >= 4 is 23.1 Å². The molecule has 0 amide bonds. The Morgan fingerprint density at radius 2 is 1.89 bits per heavy atom. The second-order valence-electron chi connectivity index (χ2n) is 3.67. The number of aromatic nitrogens is 3. The van der Waals surface area contributed by atoms with E-state index in [-0.39, 0.29) is 11.0 Å². The van der Waals surface area contributed by atoms with Crippen LogP contribution in [0.5, 0.6) is 0 Å². The maximum Gasteiger partial charge on any atom is 0.226 e. The van der Waals surface area contributed by atoms with Crippen LogP contribution in [-0.4, -0.2) is 14.6 Å². The summed E-state index contributed by atoms with van der Waals surface area (Å²) >= 11 is 5.80. The molecule has 0 bridgehead atoms. The average Bonchev–Trinajstić information content (AvgIpc) is 2.77. The van der Waals surface area contributed by atoms with Gasteiger partial charge < -0.3 is 0 Å². The molecule has 0 saturated heterocycles. The zero-order chi connectivity index (χ0) is 12.5. The van der Waals surface area contributed by atoms with Gasteiger partial charge in [0.1, 0.15) is 10.8 Å². The van der Waals surface area contributed by atoms with E-state index in [1.165, 1.54) is 4.52 Å². The van der Waals surface area contributed by atoms with Gasteiger partial charge in [-0.25, -0.2) is 4.98 Å². The number of hydrogen-bond donors (Lipinski definition) is 0. The fourth-order valence-corrected chi connectivity index (χ4v) is 1.91. The van der Waals surface area contributed by atoms with Crippen LogP contribution >= 0.6 is 11.6 Å². The highest BCUT2D eigenvalue weighted by atomic mass is 35.5. The third-order valence-electron chi connectivity index (χ3n) is 2.55. The third-order valence-corrected chi connectivity index (χ3v) is 2.76. The van der Waals surface area contributed by atoms with Gasteiger partial charge in [-0.05, 0) is 17.3 Å². The first-order chi connectivity index (χ1) is 8.79. The first-order valence-electron chi connectivity index (χ1n) is 5.23. The van der Waals surface area contributed by atoms with Gasteiger partial charge in [-0.3, -0.25) is 0 Å². The maximum absolute atomic E-state index is 11.0. The Morgan fingerprint density at radius 3 is 2.61 bits per heavy atom. The van der Waals surface area contributed by atoms with Crippen molar-refractivity contribution in [1.29, 1.82) is 0 Å². The molecule has 18 heavy (non-hydrogen) atoms. The van der Waals surface area contributed by atoms with Crippen LogP contribution in [0.15, 0.2) is 47.6 Å². The molecular formula is C12H7ClN4O. The van der Waals surface area contributed by atoms with E-state index in [1.807, 2.05) is 30.3 Å². The molecule has 5 nitrogen and oxygen atoms in total. The van der Waals surface area contributed by atoms with Crippen molar-refractivity contribution < 1.29 is 0 Å². The predicted octanol–water partition coefficient (Wildman–Crippen LogP) is 3.45. The van der Waals surface area contributed by atoms with Crippen molar-refractivity contribution in [2.45, 2.75) is 0 Å².